The number of rotatable bonds is 4. The minimum atomic E-state index is -3.98. The molecular weight excluding hydrogens is 284 g/mol. The number of nitrogens with zero attached hydrogens (tertiary/aromatic N) is 2. The predicted molar refractivity (Wildman–Crippen MR) is 65.3 cm³/mol. The van der Waals surface area contributed by atoms with Gasteiger partial charge in [0.1, 0.15) is 5.84 Å². The van der Waals surface area contributed by atoms with E-state index >= 15 is 0 Å². The van der Waals surface area contributed by atoms with E-state index in [1.165, 1.54) is 25.3 Å². The molecule has 0 saturated carbocycles. The van der Waals surface area contributed by atoms with Crippen molar-refractivity contribution >= 4 is 31.7 Å². The fourth-order valence-electron chi connectivity index (χ4n) is 1.47. The lowest BCUT2D eigenvalue weighted by molar-refractivity contribution is -0.139. The van der Waals surface area contributed by atoms with E-state index in [9.17, 15) is 13.2 Å². The Labute approximate surface area is 110 Å². The highest BCUT2D eigenvalue weighted by molar-refractivity contribution is 8.12. The van der Waals surface area contributed by atoms with Crippen LogP contribution in [0.25, 0.3) is 0 Å². The van der Waals surface area contributed by atoms with Gasteiger partial charge < -0.3 is 14.4 Å². The highest BCUT2D eigenvalue weighted by atomic mass is 35.7. The van der Waals surface area contributed by atoms with Crippen molar-refractivity contribution in [2.24, 2.45) is 4.40 Å². The predicted octanol–water partition coefficient (Wildman–Crippen LogP) is 0.625. The van der Waals surface area contributed by atoms with Crippen LogP contribution in [-0.4, -0.2) is 45.9 Å². The average Bonchev–Trinajstić information content (AvgIpc) is 2.69. The van der Waals surface area contributed by atoms with E-state index < -0.39 is 15.2 Å². The van der Waals surface area contributed by atoms with E-state index in [0.717, 1.165) is 0 Å². The van der Waals surface area contributed by atoms with E-state index in [2.05, 4.69) is 9.13 Å². The smallest absolute Gasteiger partial charge is 0.374 e. The third-order valence-corrected chi connectivity index (χ3v) is 2.86. The van der Waals surface area contributed by atoms with Gasteiger partial charge in [-0.05, 0) is 6.42 Å². The van der Waals surface area contributed by atoms with Crippen molar-refractivity contribution in [2.75, 3.05) is 20.8 Å². The Bertz CT molecular complexity index is 485. The third-order valence-electron chi connectivity index (χ3n) is 2.22. The maximum atomic E-state index is 11.3. The average molecular weight is 297 g/mol. The maximum Gasteiger partial charge on any atom is 0.374 e. The molecule has 0 atom stereocenters. The summed E-state index contributed by atoms with van der Waals surface area (Å²) in [7, 11) is 3.61. The molecular formula is C9H13ClN2O5S. The van der Waals surface area contributed by atoms with E-state index in [1.807, 2.05) is 0 Å². The van der Waals surface area contributed by atoms with Gasteiger partial charge in [0.05, 0.1) is 20.4 Å². The Balaban J connectivity index is 2.98. The lowest BCUT2D eigenvalue weighted by Gasteiger charge is -2.14. The van der Waals surface area contributed by atoms with Crippen LogP contribution in [0.1, 0.15) is 12.8 Å². The summed E-state index contributed by atoms with van der Waals surface area (Å²) in [6.45, 7) is 0.523. The molecule has 1 saturated heterocycles. The van der Waals surface area contributed by atoms with Gasteiger partial charge >= 0.3 is 15.2 Å². The van der Waals surface area contributed by atoms with E-state index in [1.54, 1.807) is 0 Å². The van der Waals surface area contributed by atoms with Gasteiger partial charge in [-0.1, -0.05) is 0 Å². The van der Waals surface area contributed by atoms with Crippen molar-refractivity contribution in [3.63, 3.8) is 0 Å². The Morgan fingerprint density at radius 2 is 2.11 bits per heavy atom. The molecule has 1 rings (SSSR count). The van der Waals surface area contributed by atoms with Gasteiger partial charge in [-0.25, -0.2) is 4.79 Å². The van der Waals surface area contributed by atoms with Crippen LogP contribution in [0, 0.1) is 0 Å². The fourth-order valence-corrected chi connectivity index (χ4v) is 2.16. The Hall–Kier alpha value is -1.28. The second-order valence-corrected chi connectivity index (χ2v) is 5.58. The van der Waals surface area contributed by atoms with Crippen LogP contribution >= 0.6 is 10.7 Å². The van der Waals surface area contributed by atoms with Crippen molar-refractivity contribution in [3.05, 3.63) is 12.0 Å². The molecule has 1 fully saturated rings. The Kier molecular flexibility index (Phi) is 4.97. The molecule has 9 heteroatoms. The van der Waals surface area contributed by atoms with Crippen LogP contribution in [0.4, 0.5) is 0 Å². The van der Waals surface area contributed by atoms with Crippen LogP contribution in [-0.2, 0) is 23.5 Å². The van der Waals surface area contributed by atoms with Crippen LogP contribution in [0.2, 0.25) is 0 Å². The molecule has 0 N–H and O–H groups in total. The van der Waals surface area contributed by atoms with E-state index in [4.69, 9.17) is 15.4 Å². The molecule has 0 spiro atoms. The van der Waals surface area contributed by atoms with Gasteiger partial charge in [0, 0.05) is 23.6 Å². The van der Waals surface area contributed by atoms with Crippen LogP contribution in [0.5, 0.6) is 0 Å². The molecule has 7 nitrogen and oxygen atoms in total. The standard InChI is InChI=1S/C9H13ClN2O5S/c1-16-7(9(13)17-2)6-12-5-3-4-8(12)11-18(10,14)15/h6H,3-5H2,1-2H3. The topological polar surface area (TPSA) is 85.3 Å². The quantitative estimate of drug-likeness (QED) is 0.327. The normalized spacial score (nSPS) is 19.2. The fraction of sp³-hybridized carbons (Fsp3) is 0.556. The summed E-state index contributed by atoms with van der Waals surface area (Å²) in [5, 5.41) is 0. The number of ether oxygens (including phenoxy) is 2. The lowest BCUT2D eigenvalue weighted by atomic mass is 10.4. The van der Waals surface area contributed by atoms with Gasteiger partial charge in [0.25, 0.3) is 0 Å². The molecule has 1 aliphatic heterocycles. The summed E-state index contributed by atoms with van der Waals surface area (Å²) in [4.78, 5) is 12.8. The zero-order valence-electron chi connectivity index (χ0n) is 9.92. The third kappa shape index (κ3) is 4.19. The number of methoxy groups -OCH3 is 2. The summed E-state index contributed by atoms with van der Waals surface area (Å²) in [5.41, 5.74) is 0. The monoisotopic (exact) mass is 296 g/mol. The zero-order valence-corrected chi connectivity index (χ0v) is 11.5. The number of likely N-dealkylation sites (tertiary alicyclic amines) is 1. The van der Waals surface area contributed by atoms with Gasteiger partial charge in [-0.2, -0.15) is 8.42 Å². The van der Waals surface area contributed by atoms with Crippen molar-refractivity contribution in [1.82, 2.24) is 4.90 Å². The first kappa shape index (κ1) is 14.8. The molecule has 0 aliphatic carbocycles. The summed E-state index contributed by atoms with van der Waals surface area (Å²) in [6, 6.07) is 0. The summed E-state index contributed by atoms with van der Waals surface area (Å²) in [6.07, 6.45) is 2.51. The molecule has 102 valence electrons. The molecule has 0 amide bonds. The molecule has 0 radical (unpaired) electrons. The highest BCUT2D eigenvalue weighted by Gasteiger charge is 2.22. The Morgan fingerprint density at radius 1 is 1.44 bits per heavy atom. The van der Waals surface area contributed by atoms with Gasteiger partial charge in [-0.15, -0.1) is 4.40 Å². The second-order valence-electron chi connectivity index (χ2n) is 3.41. The maximum absolute atomic E-state index is 11.3. The van der Waals surface area contributed by atoms with Crippen molar-refractivity contribution in [1.29, 1.82) is 0 Å². The SMILES string of the molecule is COC(=O)C(=CN1CCCC1=NS(=O)(=O)Cl)OC. The lowest BCUT2D eigenvalue weighted by Crippen LogP contribution is -2.22. The summed E-state index contributed by atoms with van der Waals surface area (Å²) >= 11 is 0. The van der Waals surface area contributed by atoms with Crippen molar-refractivity contribution in [2.45, 2.75) is 12.8 Å². The molecule has 0 aromatic heterocycles. The Morgan fingerprint density at radius 3 is 2.61 bits per heavy atom. The number of hydrogen-bond donors (Lipinski definition) is 0. The largest absolute Gasteiger partial charge is 0.489 e. The number of carbonyl (C=O) groups is 1. The van der Waals surface area contributed by atoms with Crippen LogP contribution < -0.4 is 0 Å². The molecule has 0 unspecified atom stereocenters. The van der Waals surface area contributed by atoms with Crippen molar-refractivity contribution in [3.8, 4) is 0 Å². The molecule has 1 heterocycles. The number of esters is 1. The van der Waals surface area contributed by atoms with E-state index in [0.29, 0.717) is 19.4 Å². The summed E-state index contributed by atoms with van der Waals surface area (Å²) in [5.74, 6) is -0.431. The van der Waals surface area contributed by atoms with Crippen molar-refractivity contribution < 1.29 is 22.7 Å². The molecule has 0 bridgehead atoms. The number of halogens is 1. The number of carbonyl (C=O) groups excluding carboxylic acids is 1. The highest BCUT2D eigenvalue weighted by Crippen LogP contribution is 2.16. The molecule has 18 heavy (non-hydrogen) atoms. The second kappa shape index (κ2) is 6.05. The number of hydrogen-bond acceptors (Lipinski definition) is 5. The van der Waals surface area contributed by atoms with Crippen LogP contribution in [0.3, 0.4) is 0 Å². The van der Waals surface area contributed by atoms with E-state index in [-0.39, 0.29) is 11.6 Å². The van der Waals surface area contributed by atoms with Gasteiger partial charge in [0.15, 0.2) is 0 Å². The minimum Gasteiger partial charge on any atom is -0.489 e. The zero-order chi connectivity index (χ0) is 13.8. The minimum absolute atomic E-state index is 0.0425. The molecule has 1 aliphatic rings. The first-order valence-electron chi connectivity index (χ1n) is 5.01. The molecule has 0 aromatic carbocycles. The number of amidine groups is 1. The first-order chi connectivity index (χ1) is 8.37. The van der Waals surface area contributed by atoms with Crippen LogP contribution in [0.15, 0.2) is 16.4 Å². The van der Waals surface area contributed by atoms with Gasteiger partial charge in [-0.3, -0.25) is 0 Å². The molecule has 0 aromatic rings. The van der Waals surface area contributed by atoms with Gasteiger partial charge in [0.2, 0.25) is 5.76 Å². The summed E-state index contributed by atoms with van der Waals surface area (Å²) < 4.78 is 34.5. The first-order valence-corrected chi connectivity index (χ1v) is 7.28.